The van der Waals surface area contributed by atoms with Gasteiger partial charge in [-0.2, -0.15) is 0 Å². The lowest BCUT2D eigenvalue weighted by molar-refractivity contribution is 0.573. The van der Waals surface area contributed by atoms with Crippen molar-refractivity contribution < 1.29 is 8.42 Å². The van der Waals surface area contributed by atoms with Gasteiger partial charge in [0, 0.05) is 13.1 Å². The molecule has 0 aromatic heterocycles. The number of rotatable bonds is 7. The van der Waals surface area contributed by atoms with E-state index in [-0.39, 0.29) is 12.4 Å². The van der Waals surface area contributed by atoms with Gasteiger partial charge in [-0.15, -0.1) is 12.4 Å². The highest BCUT2D eigenvalue weighted by atomic mass is 35.5. The molecule has 0 atom stereocenters. The van der Waals surface area contributed by atoms with Crippen molar-refractivity contribution in [3.05, 3.63) is 0 Å². The average molecular weight is 243 g/mol. The van der Waals surface area contributed by atoms with Crippen molar-refractivity contribution in [2.75, 3.05) is 25.4 Å². The Morgan fingerprint density at radius 2 is 1.93 bits per heavy atom. The molecule has 86 valence electrons. The molecule has 0 spiro atoms. The molecule has 4 nitrogen and oxygen atoms in total. The van der Waals surface area contributed by atoms with Gasteiger partial charge in [0.25, 0.3) is 0 Å². The highest BCUT2D eigenvalue weighted by Gasteiger charge is 2.27. The van der Waals surface area contributed by atoms with Crippen molar-refractivity contribution >= 4 is 22.4 Å². The second-order valence-corrected chi connectivity index (χ2v) is 5.32. The molecule has 2 N–H and O–H groups in total. The Labute approximate surface area is 92.3 Å². The predicted molar refractivity (Wildman–Crippen MR) is 60.3 cm³/mol. The second kappa shape index (κ2) is 6.61. The molecule has 1 saturated carbocycles. The van der Waals surface area contributed by atoms with Crippen LogP contribution in [0.25, 0.3) is 0 Å². The minimum atomic E-state index is -2.99. The van der Waals surface area contributed by atoms with Crippen LogP contribution < -0.4 is 10.0 Å². The maximum Gasteiger partial charge on any atom is 0.211 e. The molecule has 0 heterocycles. The van der Waals surface area contributed by atoms with Crippen molar-refractivity contribution in [1.82, 2.24) is 10.0 Å². The third-order valence-electron chi connectivity index (χ3n) is 2.03. The van der Waals surface area contributed by atoms with Crippen molar-refractivity contribution in [3.8, 4) is 0 Å². The van der Waals surface area contributed by atoms with E-state index in [2.05, 4.69) is 10.0 Å². The molecule has 0 radical (unpaired) electrons. The van der Waals surface area contributed by atoms with E-state index in [0.717, 1.165) is 19.4 Å². The van der Waals surface area contributed by atoms with Gasteiger partial charge in [-0.05, 0) is 25.3 Å². The molecule has 0 bridgehead atoms. The van der Waals surface area contributed by atoms with E-state index in [1.54, 1.807) is 0 Å². The Morgan fingerprint density at radius 1 is 1.29 bits per heavy atom. The molecule has 0 aliphatic heterocycles. The molecule has 0 unspecified atom stereocenters. The molecule has 0 aromatic rings. The predicted octanol–water partition coefficient (Wildman–Crippen LogP) is 0.347. The maximum absolute atomic E-state index is 11.3. The van der Waals surface area contributed by atoms with Gasteiger partial charge in [-0.25, -0.2) is 13.1 Å². The average Bonchev–Trinajstić information content (AvgIpc) is 2.81. The summed E-state index contributed by atoms with van der Waals surface area (Å²) in [5, 5.41) is 3.06. The molecular weight excluding hydrogens is 224 g/mol. The van der Waals surface area contributed by atoms with Crippen LogP contribution in [-0.2, 0) is 10.0 Å². The third kappa shape index (κ3) is 6.59. The molecule has 0 amide bonds. The first-order valence-corrected chi connectivity index (χ1v) is 6.47. The molecule has 1 aliphatic carbocycles. The monoisotopic (exact) mass is 242 g/mol. The van der Waals surface area contributed by atoms with Gasteiger partial charge in [-0.1, -0.05) is 6.92 Å². The van der Waals surface area contributed by atoms with Gasteiger partial charge in [-0.3, -0.25) is 0 Å². The van der Waals surface area contributed by atoms with Gasteiger partial charge in [0.1, 0.15) is 0 Å². The fourth-order valence-electron chi connectivity index (χ4n) is 1.13. The van der Waals surface area contributed by atoms with Crippen molar-refractivity contribution in [1.29, 1.82) is 0 Å². The summed E-state index contributed by atoms with van der Waals surface area (Å²) in [7, 11) is -2.99. The van der Waals surface area contributed by atoms with Gasteiger partial charge < -0.3 is 5.32 Å². The summed E-state index contributed by atoms with van der Waals surface area (Å²) in [6.07, 6.45) is 2.16. The maximum atomic E-state index is 11.3. The van der Waals surface area contributed by atoms with Crippen LogP contribution in [0.4, 0.5) is 0 Å². The highest BCUT2D eigenvalue weighted by molar-refractivity contribution is 7.89. The molecule has 1 aliphatic rings. The van der Waals surface area contributed by atoms with E-state index in [4.69, 9.17) is 0 Å². The molecule has 14 heavy (non-hydrogen) atoms. The lowest BCUT2D eigenvalue weighted by atomic mass is 10.5. The number of nitrogens with one attached hydrogen (secondary N) is 2. The standard InChI is InChI=1S/C8H18N2O2S.ClH/c1-2-9-5-6-10-13(11,12)7-8-3-4-8;/h8-10H,2-7H2,1H3;1H. The largest absolute Gasteiger partial charge is 0.316 e. The molecule has 0 saturated heterocycles. The Morgan fingerprint density at radius 3 is 2.43 bits per heavy atom. The fraction of sp³-hybridized carbons (Fsp3) is 1.00. The molecule has 0 aromatic carbocycles. The zero-order valence-corrected chi connectivity index (χ0v) is 10.1. The van der Waals surface area contributed by atoms with E-state index in [0.29, 0.717) is 24.8 Å². The zero-order chi connectivity index (χ0) is 9.73. The first-order chi connectivity index (χ1) is 6.14. The lowest BCUT2D eigenvalue weighted by Crippen LogP contribution is -2.33. The summed E-state index contributed by atoms with van der Waals surface area (Å²) in [4.78, 5) is 0. The van der Waals surface area contributed by atoms with Crippen molar-refractivity contribution in [2.24, 2.45) is 5.92 Å². The minimum Gasteiger partial charge on any atom is -0.316 e. The molecule has 1 rings (SSSR count). The first kappa shape index (κ1) is 14.2. The van der Waals surface area contributed by atoms with Gasteiger partial charge in [0.05, 0.1) is 5.75 Å². The Bertz CT molecular complexity index is 240. The van der Waals surface area contributed by atoms with Crippen LogP contribution >= 0.6 is 12.4 Å². The van der Waals surface area contributed by atoms with Crippen LogP contribution in [0.3, 0.4) is 0 Å². The van der Waals surface area contributed by atoms with Gasteiger partial charge in [0.2, 0.25) is 10.0 Å². The summed E-state index contributed by atoms with van der Waals surface area (Å²) in [6, 6.07) is 0. The van der Waals surface area contributed by atoms with Gasteiger partial charge in [0.15, 0.2) is 0 Å². The van der Waals surface area contributed by atoms with E-state index >= 15 is 0 Å². The number of halogens is 1. The molecular formula is C8H19ClN2O2S. The van der Waals surface area contributed by atoms with Crippen LogP contribution in [0, 0.1) is 5.92 Å². The minimum absolute atomic E-state index is 0. The van der Waals surface area contributed by atoms with Crippen LogP contribution in [0.15, 0.2) is 0 Å². The van der Waals surface area contributed by atoms with E-state index in [1.807, 2.05) is 6.92 Å². The second-order valence-electron chi connectivity index (χ2n) is 3.47. The summed E-state index contributed by atoms with van der Waals surface area (Å²) in [5.74, 6) is 0.746. The Kier molecular flexibility index (Phi) is 6.68. The quantitative estimate of drug-likeness (QED) is 0.634. The third-order valence-corrected chi connectivity index (χ3v) is 3.58. The number of sulfonamides is 1. The van der Waals surface area contributed by atoms with Crippen molar-refractivity contribution in [3.63, 3.8) is 0 Å². The topological polar surface area (TPSA) is 58.2 Å². The van der Waals surface area contributed by atoms with Crippen molar-refractivity contribution in [2.45, 2.75) is 19.8 Å². The van der Waals surface area contributed by atoms with Gasteiger partial charge >= 0.3 is 0 Å². The normalized spacial score (nSPS) is 16.4. The molecule has 1 fully saturated rings. The summed E-state index contributed by atoms with van der Waals surface area (Å²) < 4.78 is 25.2. The van der Waals surface area contributed by atoms with E-state index < -0.39 is 10.0 Å². The summed E-state index contributed by atoms with van der Waals surface area (Å²) >= 11 is 0. The fourth-order valence-corrected chi connectivity index (χ4v) is 2.61. The number of hydrogen-bond acceptors (Lipinski definition) is 3. The van der Waals surface area contributed by atoms with Crippen LogP contribution in [-0.4, -0.2) is 33.8 Å². The van der Waals surface area contributed by atoms with Crippen LogP contribution in [0.2, 0.25) is 0 Å². The summed E-state index contributed by atoms with van der Waals surface area (Å²) in [6.45, 7) is 4.09. The van der Waals surface area contributed by atoms with E-state index in [1.165, 1.54) is 0 Å². The summed E-state index contributed by atoms with van der Waals surface area (Å²) in [5.41, 5.74) is 0. The zero-order valence-electron chi connectivity index (χ0n) is 8.45. The Balaban J connectivity index is 0.00000169. The molecule has 6 heteroatoms. The van der Waals surface area contributed by atoms with Crippen LogP contribution in [0.5, 0.6) is 0 Å². The SMILES string of the molecule is CCNCCNS(=O)(=O)CC1CC1.Cl. The first-order valence-electron chi connectivity index (χ1n) is 4.82. The Hall–Kier alpha value is 0.160. The van der Waals surface area contributed by atoms with E-state index in [9.17, 15) is 8.42 Å². The van der Waals surface area contributed by atoms with Crippen LogP contribution in [0.1, 0.15) is 19.8 Å². The lowest BCUT2D eigenvalue weighted by Gasteiger charge is -2.05. The number of hydrogen-bond donors (Lipinski definition) is 2. The number of likely N-dealkylation sites (N-methyl/N-ethyl adjacent to an activating group) is 1. The highest BCUT2D eigenvalue weighted by Crippen LogP contribution is 2.29. The smallest absolute Gasteiger partial charge is 0.211 e.